The maximum Gasteiger partial charge on any atom is 0.123 e. The monoisotopic (exact) mass is 257 g/mol. The first-order chi connectivity index (χ1) is 9.16. The highest BCUT2D eigenvalue weighted by Crippen LogP contribution is 2.23. The lowest BCUT2D eigenvalue weighted by atomic mass is 10.0. The molecular formula is C16H16FNO. The number of hydrogen-bond acceptors (Lipinski definition) is 2. The molecule has 0 aliphatic rings. The van der Waals surface area contributed by atoms with Gasteiger partial charge in [-0.3, -0.25) is 0 Å². The molecule has 0 aliphatic heterocycles. The molecule has 0 atom stereocenters. The van der Waals surface area contributed by atoms with E-state index >= 15 is 0 Å². The van der Waals surface area contributed by atoms with E-state index in [0.717, 1.165) is 16.7 Å². The highest BCUT2D eigenvalue weighted by molar-refractivity contribution is 5.90. The molecule has 0 saturated carbocycles. The van der Waals surface area contributed by atoms with E-state index in [4.69, 9.17) is 4.84 Å². The van der Waals surface area contributed by atoms with Gasteiger partial charge in [-0.25, -0.2) is 4.39 Å². The molecule has 2 rings (SSSR count). The van der Waals surface area contributed by atoms with Gasteiger partial charge in [-0.15, -0.1) is 0 Å². The topological polar surface area (TPSA) is 21.6 Å². The maximum absolute atomic E-state index is 13.3. The van der Waals surface area contributed by atoms with E-state index in [1.54, 1.807) is 12.3 Å². The van der Waals surface area contributed by atoms with Crippen molar-refractivity contribution in [2.75, 3.05) is 0 Å². The molecule has 0 aliphatic carbocycles. The van der Waals surface area contributed by atoms with Gasteiger partial charge in [0, 0.05) is 5.56 Å². The lowest BCUT2D eigenvalue weighted by Crippen LogP contribution is -1.97. The highest BCUT2D eigenvalue weighted by Gasteiger charge is 2.03. The summed E-state index contributed by atoms with van der Waals surface area (Å²) in [5.41, 5.74) is 2.65. The minimum absolute atomic E-state index is 0.0394. The van der Waals surface area contributed by atoms with Crippen molar-refractivity contribution in [3.05, 3.63) is 59.9 Å². The van der Waals surface area contributed by atoms with Crippen molar-refractivity contribution in [2.45, 2.75) is 20.0 Å². The van der Waals surface area contributed by atoms with Crippen LogP contribution in [0.1, 0.15) is 19.4 Å². The number of rotatable bonds is 4. The average Bonchev–Trinajstić information content (AvgIpc) is 2.39. The molecule has 0 N–H and O–H groups in total. The summed E-state index contributed by atoms with van der Waals surface area (Å²) in [5, 5.41) is 3.93. The molecule has 0 bridgehead atoms. The van der Waals surface area contributed by atoms with Gasteiger partial charge in [-0.2, -0.15) is 0 Å². The lowest BCUT2D eigenvalue weighted by molar-refractivity contribution is 0.0874. The lowest BCUT2D eigenvalue weighted by Gasteiger charge is -2.06. The molecule has 2 nitrogen and oxygen atoms in total. The fraction of sp³-hybridized carbons (Fsp3) is 0.188. The zero-order chi connectivity index (χ0) is 13.7. The Morgan fingerprint density at radius 3 is 2.63 bits per heavy atom. The minimum Gasteiger partial charge on any atom is -0.393 e. The molecule has 0 spiro atoms. The molecule has 0 radical (unpaired) electrons. The Morgan fingerprint density at radius 2 is 1.89 bits per heavy atom. The van der Waals surface area contributed by atoms with E-state index in [9.17, 15) is 4.39 Å². The van der Waals surface area contributed by atoms with Crippen molar-refractivity contribution in [3.63, 3.8) is 0 Å². The van der Waals surface area contributed by atoms with Crippen LogP contribution in [-0.4, -0.2) is 12.3 Å². The molecular weight excluding hydrogens is 241 g/mol. The van der Waals surface area contributed by atoms with Crippen molar-refractivity contribution >= 4 is 6.21 Å². The largest absolute Gasteiger partial charge is 0.393 e. The average molecular weight is 257 g/mol. The fourth-order valence-corrected chi connectivity index (χ4v) is 1.74. The Labute approximate surface area is 112 Å². The van der Waals surface area contributed by atoms with Crippen LogP contribution >= 0.6 is 0 Å². The summed E-state index contributed by atoms with van der Waals surface area (Å²) in [6.45, 7) is 3.83. The smallest absolute Gasteiger partial charge is 0.123 e. The number of halogens is 1. The van der Waals surface area contributed by atoms with E-state index in [0.29, 0.717) is 0 Å². The summed E-state index contributed by atoms with van der Waals surface area (Å²) in [7, 11) is 0. The third-order valence-corrected chi connectivity index (χ3v) is 2.56. The van der Waals surface area contributed by atoms with Crippen LogP contribution in [0, 0.1) is 5.82 Å². The number of nitrogens with zero attached hydrogens (tertiary/aromatic N) is 1. The molecule has 0 amide bonds. The quantitative estimate of drug-likeness (QED) is 0.592. The Kier molecular flexibility index (Phi) is 4.29. The first-order valence-corrected chi connectivity index (χ1v) is 6.21. The summed E-state index contributed by atoms with van der Waals surface area (Å²) in [4.78, 5) is 5.16. The van der Waals surface area contributed by atoms with Gasteiger partial charge in [0.25, 0.3) is 0 Å². The van der Waals surface area contributed by atoms with Gasteiger partial charge in [0.1, 0.15) is 11.9 Å². The number of benzene rings is 2. The zero-order valence-electron chi connectivity index (χ0n) is 11.0. The van der Waals surface area contributed by atoms with Gasteiger partial charge >= 0.3 is 0 Å². The second-order valence-electron chi connectivity index (χ2n) is 4.49. The van der Waals surface area contributed by atoms with Crippen LogP contribution in [0.25, 0.3) is 11.1 Å². The summed E-state index contributed by atoms with van der Waals surface area (Å²) in [6, 6.07) is 14.2. The summed E-state index contributed by atoms with van der Waals surface area (Å²) >= 11 is 0. The predicted molar refractivity (Wildman–Crippen MR) is 75.7 cm³/mol. The molecule has 0 fully saturated rings. The standard InChI is InChI=1S/C16H16FNO/c1-12(2)19-18-11-14-6-3-4-9-16(14)13-7-5-8-15(17)10-13/h3-12H,1-2H3. The van der Waals surface area contributed by atoms with Gasteiger partial charge in [0.2, 0.25) is 0 Å². The van der Waals surface area contributed by atoms with Crippen molar-refractivity contribution in [3.8, 4) is 11.1 Å². The van der Waals surface area contributed by atoms with Crippen LogP contribution in [0.3, 0.4) is 0 Å². The van der Waals surface area contributed by atoms with Crippen molar-refractivity contribution in [1.82, 2.24) is 0 Å². The van der Waals surface area contributed by atoms with E-state index < -0.39 is 0 Å². The third kappa shape index (κ3) is 3.65. The fourth-order valence-electron chi connectivity index (χ4n) is 1.74. The van der Waals surface area contributed by atoms with Crippen molar-refractivity contribution in [1.29, 1.82) is 0 Å². The SMILES string of the molecule is CC(C)ON=Cc1ccccc1-c1cccc(F)c1. The second kappa shape index (κ2) is 6.14. The normalized spacial score (nSPS) is 11.2. The molecule has 3 heteroatoms. The summed E-state index contributed by atoms with van der Waals surface area (Å²) < 4.78 is 13.3. The number of oxime groups is 1. The first kappa shape index (κ1) is 13.3. The predicted octanol–water partition coefficient (Wildman–Crippen LogP) is 4.25. The Balaban J connectivity index is 2.33. The molecule has 0 unspecified atom stereocenters. The molecule has 98 valence electrons. The summed E-state index contributed by atoms with van der Waals surface area (Å²) in [5.74, 6) is -0.248. The van der Waals surface area contributed by atoms with E-state index in [-0.39, 0.29) is 11.9 Å². The maximum atomic E-state index is 13.3. The van der Waals surface area contributed by atoms with E-state index in [1.807, 2.05) is 44.2 Å². The van der Waals surface area contributed by atoms with Crippen LogP contribution in [0.15, 0.2) is 53.7 Å². The third-order valence-electron chi connectivity index (χ3n) is 2.56. The van der Waals surface area contributed by atoms with Crippen LogP contribution in [0.2, 0.25) is 0 Å². The molecule has 19 heavy (non-hydrogen) atoms. The Bertz CT molecular complexity index is 578. The van der Waals surface area contributed by atoms with Gasteiger partial charge in [-0.1, -0.05) is 41.6 Å². The van der Waals surface area contributed by atoms with Gasteiger partial charge in [0.05, 0.1) is 6.21 Å². The highest BCUT2D eigenvalue weighted by atomic mass is 19.1. The molecule has 0 aromatic heterocycles. The minimum atomic E-state index is -0.248. The molecule has 0 saturated heterocycles. The van der Waals surface area contributed by atoms with E-state index in [1.165, 1.54) is 12.1 Å². The second-order valence-corrected chi connectivity index (χ2v) is 4.49. The van der Waals surface area contributed by atoms with Crippen molar-refractivity contribution in [2.24, 2.45) is 5.16 Å². The van der Waals surface area contributed by atoms with Crippen LogP contribution in [-0.2, 0) is 4.84 Å². The van der Waals surface area contributed by atoms with Crippen LogP contribution in [0.5, 0.6) is 0 Å². The Morgan fingerprint density at radius 1 is 1.11 bits per heavy atom. The van der Waals surface area contributed by atoms with Crippen molar-refractivity contribution < 1.29 is 9.23 Å². The van der Waals surface area contributed by atoms with Crippen LogP contribution in [0.4, 0.5) is 4.39 Å². The van der Waals surface area contributed by atoms with Crippen LogP contribution < -0.4 is 0 Å². The van der Waals surface area contributed by atoms with Gasteiger partial charge in [0.15, 0.2) is 0 Å². The molecule has 2 aromatic rings. The van der Waals surface area contributed by atoms with Gasteiger partial charge in [-0.05, 0) is 37.1 Å². The number of hydrogen-bond donors (Lipinski definition) is 0. The van der Waals surface area contributed by atoms with Gasteiger partial charge < -0.3 is 4.84 Å². The molecule has 2 aromatic carbocycles. The Hall–Kier alpha value is -2.16. The van der Waals surface area contributed by atoms with E-state index in [2.05, 4.69) is 5.16 Å². The first-order valence-electron chi connectivity index (χ1n) is 6.21. The molecule has 0 heterocycles. The summed E-state index contributed by atoms with van der Waals surface area (Å²) in [6.07, 6.45) is 1.69. The zero-order valence-corrected chi connectivity index (χ0v) is 11.0.